The van der Waals surface area contributed by atoms with Gasteiger partial charge in [-0.3, -0.25) is 0 Å². The summed E-state index contributed by atoms with van der Waals surface area (Å²) in [5.41, 5.74) is 0. The van der Waals surface area contributed by atoms with Crippen molar-refractivity contribution in [2.24, 2.45) is 0 Å². The quantitative estimate of drug-likeness (QED) is 0.403. The standard InChI is InChI=1S/C12H18N2O2/c1-16-12(15)7-5-3-2-4-6-9-14-10-8-13-11-14/h5,7-8,10-11H,2-4,6,9H2,1H3. The summed E-state index contributed by atoms with van der Waals surface area (Å²) in [6.45, 7) is 1.01. The highest BCUT2D eigenvalue weighted by molar-refractivity contribution is 5.81. The molecule has 4 nitrogen and oxygen atoms in total. The lowest BCUT2D eigenvalue weighted by Crippen LogP contribution is -1.94. The number of allylic oxidation sites excluding steroid dienone is 1. The molecular weight excluding hydrogens is 204 g/mol. The molecule has 0 bridgehead atoms. The summed E-state index contributed by atoms with van der Waals surface area (Å²) in [5.74, 6) is -0.279. The molecule has 0 aliphatic carbocycles. The fourth-order valence-corrected chi connectivity index (χ4v) is 1.40. The Balaban J connectivity index is 1.96. The number of aryl methyl sites for hydroxylation is 1. The van der Waals surface area contributed by atoms with E-state index in [0.29, 0.717) is 0 Å². The minimum atomic E-state index is -0.279. The number of unbranched alkanes of at least 4 members (excludes halogenated alkanes) is 3. The maximum Gasteiger partial charge on any atom is 0.330 e. The van der Waals surface area contributed by atoms with E-state index in [-0.39, 0.29) is 5.97 Å². The van der Waals surface area contributed by atoms with Gasteiger partial charge < -0.3 is 9.30 Å². The summed E-state index contributed by atoms with van der Waals surface area (Å²) in [7, 11) is 1.39. The third-order valence-corrected chi connectivity index (χ3v) is 2.30. The topological polar surface area (TPSA) is 44.1 Å². The number of esters is 1. The smallest absolute Gasteiger partial charge is 0.330 e. The van der Waals surface area contributed by atoms with Gasteiger partial charge in [0.2, 0.25) is 0 Å². The predicted octanol–water partition coefficient (Wildman–Crippen LogP) is 2.17. The molecule has 0 aromatic carbocycles. The van der Waals surface area contributed by atoms with Crippen molar-refractivity contribution in [3.8, 4) is 0 Å². The van der Waals surface area contributed by atoms with Crippen LogP contribution in [0.3, 0.4) is 0 Å². The molecule has 1 heterocycles. The van der Waals surface area contributed by atoms with Crippen LogP contribution in [0.1, 0.15) is 25.7 Å². The van der Waals surface area contributed by atoms with Gasteiger partial charge in [0.1, 0.15) is 0 Å². The third-order valence-electron chi connectivity index (χ3n) is 2.30. The molecular formula is C12H18N2O2. The van der Waals surface area contributed by atoms with Crippen LogP contribution in [0.15, 0.2) is 30.9 Å². The number of hydrogen-bond donors (Lipinski definition) is 0. The van der Waals surface area contributed by atoms with Gasteiger partial charge in [-0.25, -0.2) is 9.78 Å². The van der Waals surface area contributed by atoms with Crippen molar-refractivity contribution in [3.63, 3.8) is 0 Å². The number of imidazole rings is 1. The first-order valence-corrected chi connectivity index (χ1v) is 5.53. The molecule has 0 radical (unpaired) electrons. The number of rotatable bonds is 7. The third kappa shape index (κ3) is 5.34. The van der Waals surface area contributed by atoms with Crippen molar-refractivity contribution in [1.29, 1.82) is 0 Å². The van der Waals surface area contributed by atoms with Crippen LogP contribution in [0.2, 0.25) is 0 Å². The van der Waals surface area contributed by atoms with Crippen LogP contribution in [0, 0.1) is 0 Å². The Morgan fingerprint density at radius 3 is 3.00 bits per heavy atom. The zero-order valence-electron chi connectivity index (χ0n) is 9.63. The Hall–Kier alpha value is -1.58. The molecule has 0 aliphatic rings. The molecule has 0 N–H and O–H groups in total. The fourth-order valence-electron chi connectivity index (χ4n) is 1.40. The number of nitrogens with zero attached hydrogens (tertiary/aromatic N) is 2. The van der Waals surface area contributed by atoms with E-state index in [0.717, 1.165) is 32.2 Å². The molecule has 0 fully saturated rings. The molecule has 0 spiro atoms. The summed E-state index contributed by atoms with van der Waals surface area (Å²) in [5, 5.41) is 0. The normalized spacial score (nSPS) is 10.8. The summed E-state index contributed by atoms with van der Waals surface area (Å²) in [4.78, 5) is 14.7. The van der Waals surface area contributed by atoms with Crippen molar-refractivity contribution in [1.82, 2.24) is 9.55 Å². The zero-order valence-corrected chi connectivity index (χ0v) is 9.63. The van der Waals surface area contributed by atoms with Gasteiger partial charge in [-0.1, -0.05) is 12.5 Å². The van der Waals surface area contributed by atoms with Gasteiger partial charge >= 0.3 is 5.97 Å². The molecule has 1 rings (SSSR count). The Morgan fingerprint density at radius 2 is 2.31 bits per heavy atom. The second-order valence-electron chi connectivity index (χ2n) is 3.58. The van der Waals surface area contributed by atoms with Crippen LogP contribution in [0.25, 0.3) is 0 Å². The number of aromatic nitrogens is 2. The highest BCUT2D eigenvalue weighted by Gasteiger charge is 1.92. The highest BCUT2D eigenvalue weighted by atomic mass is 16.5. The molecule has 4 heteroatoms. The maximum atomic E-state index is 10.7. The molecule has 0 amide bonds. The van der Waals surface area contributed by atoms with E-state index in [1.165, 1.54) is 13.2 Å². The predicted molar refractivity (Wildman–Crippen MR) is 61.9 cm³/mol. The van der Waals surface area contributed by atoms with Crippen LogP contribution in [-0.4, -0.2) is 22.6 Å². The molecule has 0 saturated carbocycles. The molecule has 1 aromatic rings. The second-order valence-corrected chi connectivity index (χ2v) is 3.58. The van der Waals surface area contributed by atoms with Crippen LogP contribution in [0.4, 0.5) is 0 Å². The van der Waals surface area contributed by atoms with Crippen molar-refractivity contribution in [3.05, 3.63) is 30.9 Å². The molecule has 88 valence electrons. The van der Waals surface area contributed by atoms with Crippen molar-refractivity contribution < 1.29 is 9.53 Å². The monoisotopic (exact) mass is 222 g/mol. The Labute approximate surface area is 95.9 Å². The lowest BCUT2D eigenvalue weighted by molar-refractivity contribution is -0.134. The van der Waals surface area contributed by atoms with E-state index < -0.39 is 0 Å². The van der Waals surface area contributed by atoms with Gasteiger partial charge in [-0.2, -0.15) is 0 Å². The first kappa shape index (κ1) is 12.5. The van der Waals surface area contributed by atoms with Crippen molar-refractivity contribution in [2.75, 3.05) is 7.11 Å². The van der Waals surface area contributed by atoms with Crippen LogP contribution in [-0.2, 0) is 16.1 Å². The average molecular weight is 222 g/mol. The SMILES string of the molecule is COC(=O)C=CCCCCCn1ccnc1. The zero-order chi connectivity index (χ0) is 11.6. The van der Waals surface area contributed by atoms with Crippen molar-refractivity contribution in [2.45, 2.75) is 32.2 Å². The molecule has 0 aliphatic heterocycles. The van der Waals surface area contributed by atoms with E-state index in [4.69, 9.17) is 0 Å². The minimum absolute atomic E-state index is 0.279. The van der Waals surface area contributed by atoms with E-state index >= 15 is 0 Å². The summed E-state index contributed by atoms with van der Waals surface area (Å²) in [6, 6.07) is 0. The number of methoxy groups -OCH3 is 1. The largest absolute Gasteiger partial charge is 0.466 e. The number of carbonyl (C=O) groups excluding carboxylic acids is 1. The van der Waals surface area contributed by atoms with Gasteiger partial charge in [-0.15, -0.1) is 0 Å². The van der Waals surface area contributed by atoms with Crippen molar-refractivity contribution >= 4 is 5.97 Å². The molecule has 1 aromatic heterocycles. The number of carbonyl (C=O) groups is 1. The Morgan fingerprint density at radius 1 is 1.44 bits per heavy atom. The van der Waals surface area contributed by atoms with E-state index in [2.05, 4.69) is 14.3 Å². The van der Waals surface area contributed by atoms with Gasteiger partial charge in [-0.05, 0) is 19.3 Å². The van der Waals surface area contributed by atoms with Gasteiger partial charge in [0.05, 0.1) is 13.4 Å². The Kier molecular flexibility index (Phi) is 5.99. The lowest BCUT2D eigenvalue weighted by Gasteiger charge is -2.00. The van der Waals surface area contributed by atoms with Crippen LogP contribution >= 0.6 is 0 Å². The minimum Gasteiger partial charge on any atom is -0.466 e. The van der Waals surface area contributed by atoms with E-state index in [9.17, 15) is 4.79 Å². The lowest BCUT2D eigenvalue weighted by atomic mass is 10.2. The highest BCUT2D eigenvalue weighted by Crippen LogP contribution is 2.03. The maximum absolute atomic E-state index is 10.7. The van der Waals surface area contributed by atoms with Gasteiger partial charge in [0.15, 0.2) is 0 Å². The summed E-state index contributed by atoms with van der Waals surface area (Å²) >= 11 is 0. The van der Waals surface area contributed by atoms with Gasteiger partial charge in [0, 0.05) is 25.0 Å². The number of hydrogen-bond acceptors (Lipinski definition) is 3. The van der Waals surface area contributed by atoms with Crippen LogP contribution < -0.4 is 0 Å². The fraction of sp³-hybridized carbons (Fsp3) is 0.500. The molecule has 16 heavy (non-hydrogen) atoms. The second kappa shape index (κ2) is 7.68. The first-order valence-electron chi connectivity index (χ1n) is 5.53. The Bertz CT molecular complexity index is 318. The molecule has 0 atom stereocenters. The van der Waals surface area contributed by atoms with E-state index in [1.54, 1.807) is 6.20 Å². The van der Waals surface area contributed by atoms with Gasteiger partial charge in [0.25, 0.3) is 0 Å². The molecule has 0 saturated heterocycles. The summed E-state index contributed by atoms with van der Waals surface area (Å²) in [6.07, 6.45) is 13.3. The first-order chi connectivity index (χ1) is 7.83. The summed E-state index contributed by atoms with van der Waals surface area (Å²) < 4.78 is 6.56. The van der Waals surface area contributed by atoms with E-state index in [1.807, 2.05) is 18.6 Å². The van der Waals surface area contributed by atoms with Crippen LogP contribution in [0.5, 0.6) is 0 Å². The molecule has 0 unspecified atom stereocenters. The average Bonchev–Trinajstić information content (AvgIpc) is 2.80. The number of ether oxygens (including phenoxy) is 1.